The molecule has 0 bridgehead atoms. The zero-order valence-corrected chi connectivity index (χ0v) is 11.1. The summed E-state index contributed by atoms with van der Waals surface area (Å²) < 4.78 is 5.59. The van der Waals surface area contributed by atoms with Gasteiger partial charge in [0.1, 0.15) is 5.82 Å². The van der Waals surface area contributed by atoms with Crippen molar-refractivity contribution < 1.29 is 4.74 Å². The van der Waals surface area contributed by atoms with Crippen LogP contribution in [0.25, 0.3) is 0 Å². The molecule has 0 radical (unpaired) electrons. The zero-order chi connectivity index (χ0) is 13.8. The van der Waals surface area contributed by atoms with Crippen LogP contribution >= 0.6 is 0 Å². The Morgan fingerprint density at radius 2 is 2.05 bits per heavy atom. The van der Waals surface area contributed by atoms with E-state index in [1.165, 1.54) is 5.56 Å². The Morgan fingerprint density at radius 3 is 2.85 bits per heavy atom. The minimum atomic E-state index is 0.234. The molecule has 0 aliphatic carbocycles. The van der Waals surface area contributed by atoms with Gasteiger partial charge in [-0.15, -0.1) is 0 Å². The SMILES string of the molecule is Nc1nccc(N[C@@H]2COC[C@H]2Cc2ccncc2)n1. The lowest BCUT2D eigenvalue weighted by Crippen LogP contribution is -2.29. The van der Waals surface area contributed by atoms with E-state index in [0.29, 0.717) is 12.5 Å². The van der Waals surface area contributed by atoms with Crippen molar-refractivity contribution in [2.75, 3.05) is 24.3 Å². The first kappa shape index (κ1) is 12.8. The number of ether oxygens (including phenoxy) is 1. The van der Waals surface area contributed by atoms with Crippen LogP contribution in [-0.2, 0) is 11.2 Å². The summed E-state index contributed by atoms with van der Waals surface area (Å²) in [5, 5.41) is 3.38. The maximum atomic E-state index is 5.59. The van der Waals surface area contributed by atoms with E-state index in [1.54, 1.807) is 6.20 Å². The number of hydrogen-bond acceptors (Lipinski definition) is 6. The van der Waals surface area contributed by atoms with E-state index >= 15 is 0 Å². The predicted octanol–water partition coefficient (Wildman–Crippen LogP) is 1.12. The van der Waals surface area contributed by atoms with Gasteiger partial charge in [0.25, 0.3) is 0 Å². The van der Waals surface area contributed by atoms with E-state index in [0.717, 1.165) is 18.8 Å². The van der Waals surface area contributed by atoms with Crippen LogP contribution in [0.15, 0.2) is 36.8 Å². The number of hydrogen-bond donors (Lipinski definition) is 2. The van der Waals surface area contributed by atoms with Crippen molar-refractivity contribution >= 4 is 11.8 Å². The summed E-state index contributed by atoms with van der Waals surface area (Å²) in [6, 6.07) is 6.13. The van der Waals surface area contributed by atoms with Gasteiger partial charge in [0.15, 0.2) is 0 Å². The van der Waals surface area contributed by atoms with Crippen molar-refractivity contribution in [1.82, 2.24) is 15.0 Å². The van der Waals surface area contributed by atoms with Crippen LogP contribution in [-0.4, -0.2) is 34.2 Å². The third kappa shape index (κ3) is 3.03. The van der Waals surface area contributed by atoms with Crippen molar-refractivity contribution in [3.63, 3.8) is 0 Å². The summed E-state index contributed by atoms with van der Waals surface area (Å²) in [5.41, 5.74) is 6.86. The smallest absolute Gasteiger partial charge is 0.221 e. The number of pyridine rings is 1. The van der Waals surface area contributed by atoms with Gasteiger partial charge in [0, 0.05) is 24.5 Å². The Kier molecular flexibility index (Phi) is 3.73. The molecule has 3 N–H and O–H groups in total. The molecule has 0 spiro atoms. The predicted molar refractivity (Wildman–Crippen MR) is 76.1 cm³/mol. The Hall–Kier alpha value is -2.21. The normalized spacial score (nSPS) is 21.8. The van der Waals surface area contributed by atoms with E-state index in [4.69, 9.17) is 10.5 Å². The van der Waals surface area contributed by atoms with E-state index in [-0.39, 0.29) is 12.0 Å². The Labute approximate surface area is 117 Å². The molecular formula is C14H17N5O. The lowest BCUT2D eigenvalue weighted by atomic mass is 9.95. The van der Waals surface area contributed by atoms with E-state index in [1.807, 2.05) is 30.6 Å². The van der Waals surface area contributed by atoms with Crippen LogP contribution in [0.2, 0.25) is 0 Å². The fourth-order valence-corrected chi connectivity index (χ4v) is 2.43. The third-order valence-electron chi connectivity index (χ3n) is 3.45. The molecule has 104 valence electrons. The lowest BCUT2D eigenvalue weighted by Gasteiger charge is -2.19. The van der Waals surface area contributed by atoms with Crippen LogP contribution in [0.1, 0.15) is 5.56 Å². The second-order valence-electron chi connectivity index (χ2n) is 4.91. The van der Waals surface area contributed by atoms with Gasteiger partial charge in [-0.3, -0.25) is 4.98 Å². The van der Waals surface area contributed by atoms with Gasteiger partial charge in [0.2, 0.25) is 5.95 Å². The summed E-state index contributed by atoms with van der Waals surface area (Å²) in [7, 11) is 0. The van der Waals surface area contributed by atoms with Crippen LogP contribution in [0, 0.1) is 5.92 Å². The molecule has 1 aliphatic rings. The van der Waals surface area contributed by atoms with Gasteiger partial charge in [-0.05, 0) is 30.2 Å². The van der Waals surface area contributed by atoms with Crippen molar-refractivity contribution in [3.8, 4) is 0 Å². The first-order valence-electron chi connectivity index (χ1n) is 6.63. The number of nitrogens with two attached hydrogens (primary N) is 1. The summed E-state index contributed by atoms with van der Waals surface area (Å²) in [5.74, 6) is 1.43. The van der Waals surface area contributed by atoms with E-state index in [9.17, 15) is 0 Å². The first-order chi connectivity index (χ1) is 9.81. The van der Waals surface area contributed by atoms with Gasteiger partial charge in [-0.25, -0.2) is 4.98 Å². The number of aromatic nitrogens is 3. The van der Waals surface area contributed by atoms with Crippen molar-refractivity contribution in [2.45, 2.75) is 12.5 Å². The number of rotatable bonds is 4. The second kappa shape index (κ2) is 5.83. The van der Waals surface area contributed by atoms with Crippen molar-refractivity contribution in [3.05, 3.63) is 42.4 Å². The molecule has 6 heteroatoms. The molecule has 3 rings (SSSR count). The molecule has 3 heterocycles. The molecule has 0 amide bonds. The van der Waals surface area contributed by atoms with Gasteiger partial charge in [-0.1, -0.05) is 0 Å². The molecule has 0 aromatic carbocycles. The van der Waals surface area contributed by atoms with Crippen molar-refractivity contribution in [2.24, 2.45) is 5.92 Å². The zero-order valence-electron chi connectivity index (χ0n) is 11.1. The molecule has 2 atom stereocenters. The largest absolute Gasteiger partial charge is 0.379 e. The molecule has 2 aromatic rings. The average molecular weight is 271 g/mol. The molecule has 0 unspecified atom stereocenters. The van der Waals surface area contributed by atoms with Crippen LogP contribution in [0.5, 0.6) is 0 Å². The average Bonchev–Trinajstić information content (AvgIpc) is 2.87. The fourth-order valence-electron chi connectivity index (χ4n) is 2.43. The molecule has 6 nitrogen and oxygen atoms in total. The van der Waals surface area contributed by atoms with Crippen LogP contribution in [0.3, 0.4) is 0 Å². The monoisotopic (exact) mass is 271 g/mol. The highest BCUT2D eigenvalue weighted by molar-refractivity contribution is 5.39. The maximum Gasteiger partial charge on any atom is 0.221 e. The number of nitrogens with zero attached hydrogens (tertiary/aromatic N) is 3. The topological polar surface area (TPSA) is 86.0 Å². The fraction of sp³-hybridized carbons (Fsp3) is 0.357. The van der Waals surface area contributed by atoms with Gasteiger partial charge in [0.05, 0.1) is 19.3 Å². The highest BCUT2D eigenvalue weighted by Crippen LogP contribution is 2.22. The van der Waals surface area contributed by atoms with Crippen molar-refractivity contribution in [1.29, 1.82) is 0 Å². The molecule has 20 heavy (non-hydrogen) atoms. The van der Waals surface area contributed by atoms with E-state index < -0.39 is 0 Å². The summed E-state index contributed by atoms with van der Waals surface area (Å²) >= 11 is 0. The number of nitrogens with one attached hydrogen (secondary N) is 1. The summed E-state index contributed by atoms with van der Waals surface area (Å²) in [4.78, 5) is 12.1. The number of anilines is 2. The molecular weight excluding hydrogens is 254 g/mol. The lowest BCUT2D eigenvalue weighted by molar-refractivity contribution is 0.185. The summed E-state index contributed by atoms with van der Waals surface area (Å²) in [6.07, 6.45) is 6.25. The van der Waals surface area contributed by atoms with Gasteiger partial charge >= 0.3 is 0 Å². The Bertz CT molecular complexity index is 563. The van der Waals surface area contributed by atoms with Gasteiger partial charge < -0.3 is 15.8 Å². The maximum absolute atomic E-state index is 5.59. The highest BCUT2D eigenvalue weighted by atomic mass is 16.5. The Balaban J connectivity index is 1.66. The minimum absolute atomic E-state index is 0.234. The molecule has 0 saturated carbocycles. The molecule has 1 fully saturated rings. The van der Waals surface area contributed by atoms with E-state index in [2.05, 4.69) is 20.3 Å². The standard InChI is InChI=1S/C14H17N5O/c15-14-17-6-3-13(19-14)18-12-9-20-8-11(12)7-10-1-4-16-5-2-10/h1-6,11-12H,7-9H2,(H3,15,17,18,19)/t11-,12-/m1/s1. The molecule has 2 aromatic heterocycles. The minimum Gasteiger partial charge on any atom is -0.379 e. The second-order valence-corrected chi connectivity index (χ2v) is 4.91. The first-order valence-corrected chi connectivity index (χ1v) is 6.63. The summed E-state index contributed by atoms with van der Waals surface area (Å²) in [6.45, 7) is 1.43. The van der Waals surface area contributed by atoms with Crippen LogP contribution < -0.4 is 11.1 Å². The van der Waals surface area contributed by atoms with Crippen LogP contribution in [0.4, 0.5) is 11.8 Å². The molecule has 1 saturated heterocycles. The third-order valence-corrected chi connectivity index (χ3v) is 3.45. The highest BCUT2D eigenvalue weighted by Gasteiger charge is 2.28. The number of nitrogen functional groups attached to an aromatic ring is 1. The Morgan fingerprint density at radius 1 is 1.20 bits per heavy atom. The molecule has 1 aliphatic heterocycles. The van der Waals surface area contributed by atoms with Gasteiger partial charge in [-0.2, -0.15) is 4.98 Å². The quantitative estimate of drug-likeness (QED) is 0.866.